The maximum atomic E-state index is 6.56. The molecule has 0 aromatic rings. The molecule has 0 aromatic heterocycles. The van der Waals surface area contributed by atoms with Gasteiger partial charge >= 0.3 is 0 Å². The van der Waals surface area contributed by atoms with E-state index in [-0.39, 0.29) is 5.41 Å². The number of fused-ring (bicyclic) bond motifs is 2. The molecule has 20 heavy (non-hydrogen) atoms. The van der Waals surface area contributed by atoms with E-state index in [9.17, 15) is 0 Å². The van der Waals surface area contributed by atoms with Crippen LogP contribution in [-0.4, -0.2) is 32.0 Å². The zero-order chi connectivity index (χ0) is 14.3. The Morgan fingerprint density at radius 3 is 2.90 bits per heavy atom. The van der Waals surface area contributed by atoms with Gasteiger partial charge in [0, 0.05) is 22.8 Å². The van der Waals surface area contributed by atoms with Crippen molar-refractivity contribution in [3.63, 3.8) is 0 Å². The van der Waals surface area contributed by atoms with Crippen LogP contribution in [0.2, 0.25) is 18.6 Å². The number of halogens is 1. The molecule has 2 saturated carbocycles. The smallest absolute Gasteiger partial charge is 0.189 e. The first-order valence-electron chi connectivity index (χ1n) is 8.00. The zero-order valence-electron chi connectivity index (χ0n) is 12.8. The quantitative estimate of drug-likeness (QED) is 0.431. The Morgan fingerprint density at radius 2 is 2.20 bits per heavy atom. The van der Waals surface area contributed by atoms with Crippen LogP contribution in [0.1, 0.15) is 20.3 Å². The average Bonchev–Trinajstić information content (AvgIpc) is 3.04. The van der Waals surface area contributed by atoms with Gasteiger partial charge in [-0.05, 0) is 36.9 Å². The van der Waals surface area contributed by atoms with Crippen molar-refractivity contribution < 1.29 is 9.16 Å². The van der Waals surface area contributed by atoms with Crippen LogP contribution < -0.4 is 0 Å². The Labute approximate surface area is 131 Å². The topological polar surface area (TPSA) is 18.5 Å². The fourth-order valence-electron chi connectivity index (χ4n) is 4.93. The number of ether oxygens (including phenoxy) is 1. The Bertz CT molecular complexity index is 463. The molecule has 0 amide bonds. The molecule has 7 atom stereocenters. The molecule has 3 fully saturated rings. The molecule has 0 radical (unpaired) electrons. The lowest BCUT2D eigenvalue weighted by Gasteiger charge is -2.42. The summed E-state index contributed by atoms with van der Waals surface area (Å²) < 4.78 is 12.8. The monoisotopic (exact) mass is 356 g/mol. The molecule has 0 aromatic carbocycles. The molecular weight excluding hydrogens is 332 g/mol. The summed E-state index contributed by atoms with van der Waals surface area (Å²) in [7, 11) is -1.56. The first-order chi connectivity index (χ1) is 9.37. The van der Waals surface area contributed by atoms with E-state index in [0.29, 0.717) is 34.4 Å². The van der Waals surface area contributed by atoms with Gasteiger partial charge in [-0.1, -0.05) is 41.9 Å². The minimum absolute atomic E-state index is 0.260. The lowest BCUT2D eigenvalue weighted by molar-refractivity contribution is 0.0694. The van der Waals surface area contributed by atoms with Crippen LogP contribution >= 0.6 is 15.9 Å². The molecule has 1 heterocycles. The number of hydrogen-bond donors (Lipinski definition) is 0. The Kier molecular flexibility index (Phi) is 2.94. The number of alkyl halides is 1. The van der Waals surface area contributed by atoms with Crippen molar-refractivity contribution in [1.29, 1.82) is 0 Å². The van der Waals surface area contributed by atoms with Crippen LogP contribution in [0.25, 0.3) is 0 Å². The van der Waals surface area contributed by atoms with Gasteiger partial charge < -0.3 is 9.16 Å². The second-order valence-corrected chi connectivity index (χ2v) is 13.8. The molecule has 1 aliphatic heterocycles. The summed E-state index contributed by atoms with van der Waals surface area (Å²) in [6.07, 6.45) is 6.95. The molecule has 4 rings (SSSR count). The van der Waals surface area contributed by atoms with Crippen LogP contribution in [-0.2, 0) is 9.16 Å². The highest BCUT2D eigenvalue weighted by Crippen LogP contribution is 2.70. The van der Waals surface area contributed by atoms with E-state index >= 15 is 0 Å². The molecule has 0 spiro atoms. The Morgan fingerprint density at radius 1 is 1.45 bits per heavy atom. The highest BCUT2D eigenvalue weighted by Gasteiger charge is 2.72. The maximum absolute atomic E-state index is 6.56. The first-order valence-corrected chi connectivity index (χ1v) is 11.9. The SMILES string of the molecule is CC(C)[Si](C)(C)OC[C@@]12C=C[C@H]3OC4C(Br)C1CC4C32. The van der Waals surface area contributed by atoms with E-state index in [2.05, 4.69) is 55.0 Å². The lowest BCUT2D eigenvalue weighted by Crippen LogP contribution is -2.47. The first kappa shape index (κ1) is 14.0. The Balaban J connectivity index is 1.60. The van der Waals surface area contributed by atoms with E-state index in [4.69, 9.17) is 9.16 Å². The van der Waals surface area contributed by atoms with Crippen LogP contribution in [0.3, 0.4) is 0 Å². The molecule has 4 aliphatic rings. The Hall–Kier alpha value is 0.357. The third-order valence-electron chi connectivity index (χ3n) is 6.77. The summed E-state index contributed by atoms with van der Waals surface area (Å²) in [5.41, 5.74) is 0.932. The normalized spacial score (nSPS) is 51.7. The summed E-state index contributed by atoms with van der Waals surface area (Å²) >= 11 is 3.93. The van der Waals surface area contributed by atoms with Crippen LogP contribution in [0.4, 0.5) is 0 Å². The fraction of sp³-hybridized carbons (Fsp3) is 0.875. The highest BCUT2D eigenvalue weighted by atomic mass is 79.9. The van der Waals surface area contributed by atoms with Crippen molar-refractivity contribution in [3.05, 3.63) is 12.2 Å². The van der Waals surface area contributed by atoms with E-state index in [0.717, 1.165) is 12.5 Å². The van der Waals surface area contributed by atoms with Gasteiger partial charge in [-0.25, -0.2) is 0 Å². The molecule has 3 aliphatic carbocycles. The largest absolute Gasteiger partial charge is 0.416 e. The summed E-state index contributed by atoms with van der Waals surface area (Å²) in [5.74, 6) is 2.17. The summed E-state index contributed by atoms with van der Waals surface area (Å²) in [6.45, 7) is 10.2. The molecule has 0 N–H and O–H groups in total. The van der Waals surface area contributed by atoms with Crippen molar-refractivity contribution in [2.45, 2.75) is 55.9 Å². The van der Waals surface area contributed by atoms with Gasteiger partial charge in [-0.2, -0.15) is 0 Å². The predicted molar refractivity (Wildman–Crippen MR) is 86.6 cm³/mol. The standard InChI is InChI=1S/C16H25BrO2Si/c1-9(2)20(3,4)18-8-16-6-5-12-13(16)10-7-11(16)14(17)15(10)19-12/h5-6,9-15H,7-8H2,1-4H3/t10?,11?,12-,13?,14?,15?,16+/m1/s1. The van der Waals surface area contributed by atoms with Gasteiger partial charge in [-0.15, -0.1) is 0 Å². The van der Waals surface area contributed by atoms with Gasteiger partial charge in [0.25, 0.3) is 0 Å². The predicted octanol–water partition coefficient (Wildman–Crippen LogP) is 3.97. The second kappa shape index (κ2) is 4.21. The molecule has 2 bridgehead atoms. The number of hydrogen-bond acceptors (Lipinski definition) is 2. The molecule has 5 unspecified atom stereocenters. The minimum atomic E-state index is -1.56. The summed E-state index contributed by atoms with van der Waals surface area (Å²) in [6, 6.07) is 0. The van der Waals surface area contributed by atoms with Gasteiger partial charge in [0.1, 0.15) is 0 Å². The third kappa shape index (κ3) is 1.57. The van der Waals surface area contributed by atoms with Gasteiger partial charge in [-0.3, -0.25) is 0 Å². The van der Waals surface area contributed by atoms with Gasteiger partial charge in [0.15, 0.2) is 8.32 Å². The summed E-state index contributed by atoms with van der Waals surface area (Å²) in [4.78, 5) is 0.533. The van der Waals surface area contributed by atoms with E-state index in [1.807, 2.05) is 0 Å². The van der Waals surface area contributed by atoms with Gasteiger partial charge in [0.05, 0.1) is 12.2 Å². The van der Waals surface area contributed by atoms with Crippen molar-refractivity contribution in [2.75, 3.05) is 6.61 Å². The minimum Gasteiger partial charge on any atom is -0.416 e. The molecule has 4 heteroatoms. The van der Waals surface area contributed by atoms with E-state index in [1.165, 1.54) is 6.42 Å². The van der Waals surface area contributed by atoms with Crippen molar-refractivity contribution in [1.82, 2.24) is 0 Å². The summed E-state index contributed by atoms with van der Waals surface area (Å²) in [5, 5.41) is 0. The van der Waals surface area contributed by atoms with Crippen LogP contribution in [0, 0.1) is 23.2 Å². The van der Waals surface area contributed by atoms with Crippen LogP contribution in [0.15, 0.2) is 12.2 Å². The van der Waals surface area contributed by atoms with E-state index < -0.39 is 8.32 Å². The number of rotatable bonds is 4. The highest BCUT2D eigenvalue weighted by molar-refractivity contribution is 9.09. The fourth-order valence-corrected chi connectivity index (χ4v) is 7.11. The third-order valence-corrected chi connectivity index (χ3v) is 11.6. The van der Waals surface area contributed by atoms with Crippen LogP contribution in [0.5, 0.6) is 0 Å². The average molecular weight is 357 g/mol. The van der Waals surface area contributed by atoms with Gasteiger partial charge in [0.2, 0.25) is 0 Å². The maximum Gasteiger partial charge on any atom is 0.189 e. The van der Waals surface area contributed by atoms with Crippen molar-refractivity contribution in [2.24, 2.45) is 23.2 Å². The zero-order valence-corrected chi connectivity index (χ0v) is 15.4. The molecular formula is C16H25BrO2Si. The van der Waals surface area contributed by atoms with E-state index in [1.54, 1.807) is 0 Å². The lowest BCUT2D eigenvalue weighted by atomic mass is 9.68. The second-order valence-electron chi connectivity index (χ2n) is 8.06. The van der Waals surface area contributed by atoms with Crippen molar-refractivity contribution >= 4 is 24.2 Å². The molecule has 112 valence electrons. The molecule has 1 saturated heterocycles. The van der Waals surface area contributed by atoms with Crippen molar-refractivity contribution in [3.8, 4) is 0 Å². The molecule has 2 nitrogen and oxygen atoms in total.